The number of carbonyl (C=O) groups is 1. The van der Waals surface area contributed by atoms with Crippen LogP contribution >= 0.6 is 0 Å². The average molecular weight is 142 g/mol. The Morgan fingerprint density at radius 2 is 2.40 bits per heavy atom. The van der Waals surface area contributed by atoms with Crippen LogP contribution in [0.25, 0.3) is 0 Å². The van der Waals surface area contributed by atoms with E-state index in [2.05, 4.69) is 10.3 Å². The maximum Gasteiger partial charge on any atom is 0.232 e. The lowest BCUT2D eigenvalue weighted by atomic mass is 10.4. The van der Waals surface area contributed by atoms with Crippen LogP contribution in [-0.4, -0.2) is 43.1 Å². The van der Waals surface area contributed by atoms with Crippen LogP contribution in [0.5, 0.6) is 0 Å². The molecule has 1 heterocycles. The summed E-state index contributed by atoms with van der Waals surface area (Å²) >= 11 is 0. The molecule has 0 radical (unpaired) electrons. The highest BCUT2D eigenvalue weighted by Gasteiger charge is 2.22. The van der Waals surface area contributed by atoms with Crippen LogP contribution in [0.1, 0.15) is 0 Å². The Morgan fingerprint density at radius 3 is 2.80 bits per heavy atom. The normalized spacial score (nSPS) is 24.3. The van der Waals surface area contributed by atoms with Gasteiger partial charge in [-0.3, -0.25) is 9.69 Å². The first-order valence-corrected chi connectivity index (χ1v) is 3.03. The lowest BCUT2D eigenvalue weighted by Crippen LogP contribution is -2.40. The Morgan fingerprint density at radius 1 is 1.70 bits per heavy atom. The Labute approximate surface area is 59.3 Å². The maximum atomic E-state index is 10.3. The van der Waals surface area contributed by atoms with E-state index in [1.54, 1.807) is 0 Å². The van der Waals surface area contributed by atoms with Crippen LogP contribution in [0.4, 0.5) is 0 Å². The molecular formula is C5H10N4O. The fourth-order valence-corrected chi connectivity index (χ4v) is 0.817. The predicted molar refractivity (Wildman–Crippen MR) is 35.1 cm³/mol. The fraction of sp³-hybridized carbons (Fsp3) is 0.800. The number of nitrogens with zero attached hydrogens (tertiary/aromatic N) is 4. The molecule has 1 aliphatic rings. The quantitative estimate of drug-likeness (QED) is 0.497. The molecule has 0 aromatic heterocycles. The summed E-state index contributed by atoms with van der Waals surface area (Å²) in [5.74, 6) is 0. The topological polar surface area (TPSA) is 48.3 Å². The lowest BCUT2D eigenvalue weighted by molar-refractivity contribution is -0.121. The second kappa shape index (κ2) is 2.74. The zero-order valence-corrected chi connectivity index (χ0v) is 6.06. The minimum Gasteiger partial charge on any atom is -0.286 e. The third-order valence-electron chi connectivity index (χ3n) is 1.42. The van der Waals surface area contributed by atoms with E-state index < -0.39 is 0 Å². The van der Waals surface area contributed by atoms with Crippen molar-refractivity contribution < 1.29 is 4.79 Å². The molecule has 1 aliphatic heterocycles. The van der Waals surface area contributed by atoms with Crippen molar-refractivity contribution in [3.8, 4) is 0 Å². The summed E-state index contributed by atoms with van der Waals surface area (Å²) in [5, 5.41) is 8.63. The van der Waals surface area contributed by atoms with Gasteiger partial charge in [-0.05, 0) is 14.1 Å². The maximum absolute atomic E-state index is 10.3. The van der Waals surface area contributed by atoms with Gasteiger partial charge in [0.25, 0.3) is 0 Å². The smallest absolute Gasteiger partial charge is 0.232 e. The van der Waals surface area contributed by atoms with Crippen molar-refractivity contribution in [3.05, 3.63) is 0 Å². The standard InChI is InChI=1S/C5H10N4O/c1-8(2)5-3-6-7-9(5)4-10/h4-5H,3H2,1-2H3. The first-order valence-electron chi connectivity index (χ1n) is 3.03. The van der Waals surface area contributed by atoms with Crippen LogP contribution < -0.4 is 0 Å². The summed E-state index contributed by atoms with van der Waals surface area (Å²) in [5.41, 5.74) is 0. The molecule has 10 heavy (non-hydrogen) atoms. The van der Waals surface area contributed by atoms with Gasteiger partial charge in [-0.1, -0.05) is 5.22 Å². The van der Waals surface area contributed by atoms with E-state index in [1.807, 2.05) is 19.0 Å². The number of carbonyl (C=O) groups excluding carboxylic acids is 1. The summed E-state index contributed by atoms with van der Waals surface area (Å²) < 4.78 is 0. The lowest BCUT2D eigenvalue weighted by Gasteiger charge is -2.21. The van der Waals surface area contributed by atoms with Gasteiger partial charge in [0.2, 0.25) is 6.41 Å². The van der Waals surface area contributed by atoms with Crippen LogP contribution in [0, 0.1) is 0 Å². The van der Waals surface area contributed by atoms with E-state index >= 15 is 0 Å². The summed E-state index contributed by atoms with van der Waals surface area (Å²) in [6, 6.07) is 0. The van der Waals surface area contributed by atoms with Crippen LogP contribution in [0.3, 0.4) is 0 Å². The van der Waals surface area contributed by atoms with Crippen molar-refractivity contribution in [1.29, 1.82) is 0 Å². The third-order valence-corrected chi connectivity index (χ3v) is 1.42. The molecule has 0 spiro atoms. The Hall–Kier alpha value is -0.970. The monoisotopic (exact) mass is 142 g/mol. The second-order valence-corrected chi connectivity index (χ2v) is 2.34. The molecule has 1 rings (SSSR count). The molecule has 0 saturated heterocycles. The number of hydrogen-bond acceptors (Lipinski definition) is 4. The molecule has 0 saturated carbocycles. The van der Waals surface area contributed by atoms with Crippen LogP contribution in [0.2, 0.25) is 0 Å². The van der Waals surface area contributed by atoms with E-state index in [-0.39, 0.29) is 6.17 Å². The van der Waals surface area contributed by atoms with Gasteiger partial charge in [0, 0.05) is 0 Å². The molecule has 0 aliphatic carbocycles. The van der Waals surface area contributed by atoms with E-state index in [9.17, 15) is 4.79 Å². The molecular weight excluding hydrogens is 132 g/mol. The Bertz CT molecular complexity index is 156. The van der Waals surface area contributed by atoms with Crippen LogP contribution in [0.15, 0.2) is 10.3 Å². The molecule has 5 heteroatoms. The highest BCUT2D eigenvalue weighted by atomic mass is 16.1. The highest BCUT2D eigenvalue weighted by Crippen LogP contribution is 2.08. The minimum atomic E-state index is 0.0116. The van der Waals surface area contributed by atoms with Crippen molar-refractivity contribution in [2.45, 2.75) is 6.17 Å². The van der Waals surface area contributed by atoms with Gasteiger partial charge >= 0.3 is 0 Å². The van der Waals surface area contributed by atoms with Crippen molar-refractivity contribution in [2.24, 2.45) is 10.3 Å². The number of hydrogen-bond donors (Lipinski definition) is 0. The first kappa shape index (κ1) is 7.14. The SMILES string of the molecule is CN(C)C1CN=NN1C=O. The van der Waals surface area contributed by atoms with Crippen molar-refractivity contribution in [3.63, 3.8) is 0 Å². The summed E-state index contributed by atoms with van der Waals surface area (Å²) in [6.07, 6.45) is 0.693. The minimum absolute atomic E-state index is 0.0116. The molecule has 0 bridgehead atoms. The van der Waals surface area contributed by atoms with Crippen molar-refractivity contribution in [1.82, 2.24) is 9.91 Å². The van der Waals surface area contributed by atoms with Gasteiger partial charge in [0.05, 0.1) is 6.54 Å². The third kappa shape index (κ3) is 1.13. The molecule has 0 fully saturated rings. The molecule has 0 N–H and O–H groups in total. The highest BCUT2D eigenvalue weighted by molar-refractivity contribution is 5.47. The van der Waals surface area contributed by atoms with Gasteiger partial charge in [-0.25, -0.2) is 0 Å². The van der Waals surface area contributed by atoms with Gasteiger partial charge in [0.15, 0.2) is 0 Å². The van der Waals surface area contributed by atoms with E-state index in [0.29, 0.717) is 13.0 Å². The van der Waals surface area contributed by atoms with E-state index in [1.165, 1.54) is 5.01 Å². The van der Waals surface area contributed by atoms with E-state index in [4.69, 9.17) is 0 Å². The molecule has 1 unspecified atom stereocenters. The molecule has 0 aromatic carbocycles. The van der Waals surface area contributed by atoms with Gasteiger partial charge in [-0.15, -0.1) is 0 Å². The fourth-order valence-electron chi connectivity index (χ4n) is 0.817. The summed E-state index contributed by atoms with van der Waals surface area (Å²) in [4.78, 5) is 12.2. The number of likely N-dealkylation sites (N-methyl/N-ethyl adjacent to an activating group) is 1. The first-order chi connectivity index (χ1) is 4.75. The molecule has 5 nitrogen and oxygen atoms in total. The van der Waals surface area contributed by atoms with Crippen molar-refractivity contribution >= 4 is 6.41 Å². The molecule has 0 aromatic rings. The van der Waals surface area contributed by atoms with Gasteiger partial charge < -0.3 is 0 Å². The molecule has 1 amide bonds. The molecule has 1 atom stereocenters. The zero-order valence-electron chi connectivity index (χ0n) is 6.06. The van der Waals surface area contributed by atoms with Crippen molar-refractivity contribution in [2.75, 3.05) is 20.6 Å². The van der Waals surface area contributed by atoms with Crippen LogP contribution in [-0.2, 0) is 4.79 Å². The van der Waals surface area contributed by atoms with Gasteiger partial charge in [0.1, 0.15) is 6.17 Å². The summed E-state index contributed by atoms with van der Waals surface area (Å²) in [6.45, 7) is 0.575. The largest absolute Gasteiger partial charge is 0.286 e. The number of amides is 1. The summed E-state index contributed by atoms with van der Waals surface area (Å²) in [7, 11) is 3.77. The van der Waals surface area contributed by atoms with Gasteiger partial charge in [-0.2, -0.15) is 10.1 Å². The van der Waals surface area contributed by atoms with E-state index in [0.717, 1.165) is 0 Å². The molecule has 56 valence electrons. The predicted octanol–water partition coefficient (Wildman–Crippen LogP) is -0.287. The number of rotatable bonds is 2. The Kier molecular flexibility index (Phi) is 1.96. The Balaban J connectivity index is 2.55. The average Bonchev–Trinajstić information content (AvgIpc) is 2.33. The second-order valence-electron chi connectivity index (χ2n) is 2.34. The zero-order chi connectivity index (χ0) is 7.56.